The van der Waals surface area contributed by atoms with Crippen LogP contribution in [0.15, 0.2) is 0 Å². The van der Waals surface area contributed by atoms with Crippen LogP contribution in [0, 0.1) is 0 Å². The first-order valence-corrected chi connectivity index (χ1v) is 6.11. The number of hydrogen-bond acceptors (Lipinski definition) is 4. The maximum atomic E-state index is 11.9. The zero-order valence-electron chi connectivity index (χ0n) is 11.4. The van der Waals surface area contributed by atoms with Gasteiger partial charge in [-0.2, -0.15) is 0 Å². The molecule has 0 unspecified atom stereocenters. The number of alkyl carbamates (subject to hydrolysis) is 1. The predicted octanol–water partition coefficient (Wildman–Crippen LogP) is 0.493. The van der Waals surface area contributed by atoms with Crippen LogP contribution in [0.5, 0.6) is 0 Å². The van der Waals surface area contributed by atoms with E-state index in [4.69, 9.17) is 4.74 Å². The highest BCUT2D eigenvalue weighted by Gasteiger charge is 2.30. The van der Waals surface area contributed by atoms with Crippen molar-refractivity contribution in [3.05, 3.63) is 0 Å². The van der Waals surface area contributed by atoms with Gasteiger partial charge in [0.1, 0.15) is 11.6 Å². The number of carbonyl (C=O) groups excluding carboxylic acids is 2. The summed E-state index contributed by atoms with van der Waals surface area (Å²) >= 11 is 0. The Morgan fingerprint density at radius 2 is 2.06 bits per heavy atom. The molecule has 0 aromatic carbocycles. The Labute approximate surface area is 107 Å². The molecule has 1 aliphatic rings. The number of nitrogens with zero attached hydrogens (tertiary/aromatic N) is 1. The van der Waals surface area contributed by atoms with Crippen LogP contribution in [0.25, 0.3) is 0 Å². The van der Waals surface area contributed by atoms with Crippen molar-refractivity contribution in [3.63, 3.8) is 0 Å². The molecule has 1 fully saturated rings. The van der Waals surface area contributed by atoms with Crippen LogP contribution < -0.4 is 5.32 Å². The highest BCUT2D eigenvalue weighted by molar-refractivity contribution is 5.85. The number of rotatable bonds is 1. The third kappa shape index (κ3) is 4.52. The second kappa shape index (κ2) is 5.56. The maximum absolute atomic E-state index is 11.9. The summed E-state index contributed by atoms with van der Waals surface area (Å²) in [6.45, 7) is 5.58. The van der Waals surface area contributed by atoms with Gasteiger partial charge in [0.2, 0.25) is 5.91 Å². The van der Waals surface area contributed by atoms with Crippen LogP contribution in [0.1, 0.15) is 33.6 Å². The standard InChI is InChI=1S/C12H22N2O4/c1-12(2,3)18-11(17)13-9-6-5-8(15)7-14(4)10(9)16/h8-9,15H,5-7H2,1-4H3,(H,13,17)/t8-,9-/m0/s1. The van der Waals surface area contributed by atoms with Gasteiger partial charge in [-0.05, 0) is 33.6 Å². The number of amides is 2. The van der Waals surface area contributed by atoms with Crippen molar-refractivity contribution in [1.82, 2.24) is 10.2 Å². The number of likely N-dealkylation sites (N-methyl/N-ethyl adjacent to an activating group) is 1. The summed E-state index contributed by atoms with van der Waals surface area (Å²) in [5.74, 6) is -0.197. The summed E-state index contributed by atoms with van der Waals surface area (Å²) in [5, 5.41) is 12.1. The molecular weight excluding hydrogens is 236 g/mol. The Morgan fingerprint density at radius 3 is 2.61 bits per heavy atom. The Bertz CT molecular complexity index is 325. The molecule has 1 saturated heterocycles. The summed E-state index contributed by atoms with van der Waals surface area (Å²) in [7, 11) is 1.61. The number of aliphatic hydroxyl groups excluding tert-OH is 1. The molecule has 0 aromatic rings. The molecule has 1 aliphatic heterocycles. The Kier molecular flexibility index (Phi) is 4.56. The van der Waals surface area contributed by atoms with Crippen molar-refractivity contribution in [2.45, 2.75) is 51.4 Å². The van der Waals surface area contributed by atoms with Crippen molar-refractivity contribution >= 4 is 12.0 Å². The molecule has 1 heterocycles. The number of aliphatic hydroxyl groups is 1. The second-order valence-corrected chi connectivity index (χ2v) is 5.65. The van der Waals surface area contributed by atoms with Crippen molar-refractivity contribution in [2.75, 3.05) is 13.6 Å². The molecule has 2 N–H and O–H groups in total. The number of β-amino-alcohol motifs (C(OH)–C–C–N with tert-alkyl or cyclic N) is 1. The van der Waals surface area contributed by atoms with Crippen LogP contribution in [0.4, 0.5) is 4.79 Å². The second-order valence-electron chi connectivity index (χ2n) is 5.65. The topological polar surface area (TPSA) is 78.9 Å². The van der Waals surface area contributed by atoms with Crippen LogP contribution in [-0.2, 0) is 9.53 Å². The molecule has 0 bridgehead atoms. The SMILES string of the molecule is CN1C[C@@H](O)CC[C@H](NC(=O)OC(C)(C)C)C1=O. The fraction of sp³-hybridized carbons (Fsp3) is 0.833. The molecule has 1 rings (SSSR count). The molecule has 2 atom stereocenters. The molecule has 0 spiro atoms. The third-order valence-corrected chi connectivity index (χ3v) is 2.64. The molecule has 0 aliphatic carbocycles. The van der Waals surface area contributed by atoms with Gasteiger partial charge in [-0.1, -0.05) is 0 Å². The van der Waals surface area contributed by atoms with E-state index in [0.29, 0.717) is 19.4 Å². The van der Waals surface area contributed by atoms with Gasteiger partial charge in [0, 0.05) is 13.6 Å². The van der Waals surface area contributed by atoms with Gasteiger partial charge in [0.15, 0.2) is 0 Å². The molecular formula is C12H22N2O4. The lowest BCUT2D eigenvalue weighted by Crippen LogP contribution is -2.47. The van der Waals surface area contributed by atoms with Crippen LogP contribution >= 0.6 is 0 Å². The fourth-order valence-electron chi connectivity index (χ4n) is 1.83. The van der Waals surface area contributed by atoms with Crippen LogP contribution in [0.3, 0.4) is 0 Å². The number of likely N-dealkylation sites (tertiary alicyclic amines) is 1. The number of ether oxygens (including phenoxy) is 1. The van der Waals surface area contributed by atoms with Gasteiger partial charge in [-0.3, -0.25) is 4.79 Å². The van der Waals surface area contributed by atoms with Gasteiger partial charge >= 0.3 is 6.09 Å². The first-order valence-electron chi connectivity index (χ1n) is 6.11. The predicted molar refractivity (Wildman–Crippen MR) is 66.0 cm³/mol. The minimum absolute atomic E-state index is 0.197. The summed E-state index contributed by atoms with van der Waals surface area (Å²) in [6.07, 6.45) is -0.241. The van der Waals surface area contributed by atoms with Gasteiger partial charge < -0.3 is 20.1 Å². The van der Waals surface area contributed by atoms with E-state index in [2.05, 4.69) is 5.32 Å². The van der Waals surface area contributed by atoms with Crippen LogP contribution in [-0.4, -0.2) is 53.3 Å². The van der Waals surface area contributed by atoms with Crippen molar-refractivity contribution in [2.24, 2.45) is 0 Å². The monoisotopic (exact) mass is 258 g/mol. The zero-order chi connectivity index (χ0) is 13.9. The number of carbonyl (C=O) groups is 2. The first-order chi connectivity index (χ1) is 8.19. The number of nitrogens with one attached hydrogen (secondary N) is 1. The molecule has 6 heteroatoms. The highest BCUT2D eigenvalue weighted by Crippen LogP contribution is 2.13. The average Bonchev–Trinajstić information content (AvgIpc) is 2.29. The largest absolute Gasteiger partial charge is 0.444 e. The smallest absolute Gasteiger partial charge is 0.408 e. The van der Waals surface area contributed by atoms with Crippen molar-refractivity contribution in [1.29, 1.82) is 0 Å². The lowest BCUT2D eigenvalue weighted by molar-refractivity contribution is -0.132. The van der Waals surface area contributed by atoms with E-state index in [1.54, 1.807) is 27.8 Å². The Balaban J connectivity index is 2.59. The van der Waals surface area contributed by atoms with E-state index < -0.39 is 23.8 Å². The van der Waals surface area contributed by atoms with E-state index in [1.165, 1.54) is 4.90 Å². The zero-order valence-corrected chi connectivity index (χ0v) is 11.4. The summed E-state index contributed by atoms with van der Waals surface area (Å²) in [6, 6.07) is -0.623. The first kappa shape index (κ1) is 14.8. The highest BCUT2D eigenvalue weighted by atomic mass is 16.6. The van der Waals surface area contributed by atoms with E-state index >= 15 is 0 Å². The van der Waals surface area contributed by atoms with Gasteiger partial charge in [-0.25, -0.2) is 4.79 Å². The molecule has 104 valence electrons. The quantitative estimate of drug-likeness (QED) is 0.717. The van der Waals surface area contributed by atoms with E-state index in [9.17, 15) is 14.7 Å². The normalized spacial score (nSPS) is 25.6. The molecule has 18 heavy (non-hydrogen) atoms. The van der Waals surface area contributed by atoms with E-state index in [0.717, 1.165) is 0 Å². The fourth-order valence-corrected chi connectivity index (χ4v) is 1.83. The van der Waals surface area contributed by atoms with Crippen molar-refractivity contribution in [3.8, 4) is 0 Å². The molecule has 0 aromatic heterocycles. The van der Waals surface area contributed by atoms with E-state index in [1.807, 2.05) is 0 Å². The van der Waals surface area contributed by atoms with Crippen molar-refractivity contribution < 1.29 is 19.4 Å². The number of hydrogen-bond donors (Lipinski definition) is 2. The Hall–Kier alpha value is -1.30. The van der Waals surface area contributed by atoms with E-state index in [-0.39, 0.29) is 5.91 Å². The maximum Gasteiger partial charge on any atom is 0.408 e. The lowest BCUT2D eigenvalue weighted by atomic mass is 10.1. The molecule has 0 radical (unpaired) electrons. The Morgan fingerprint density at radius 1 is 1.44 bits per heavy atom. The minimum atomic E-state index is -0.623. The molecule has 0 saturated carbocycles. The molecule has 2 amide bonds. The summed E-state index contributed by atoms with van der Waals surface area (Å²) < 4.78 is 5.11. The van der Waals surface area contributed by atoms with Gasteiger partial charge in [0.25, 0.3) is 0 Å². The minimum Gasteiger partial charge on any atom is -0.444 e. The summed E-state index contributed by atoms with van der Waals surface area (Å²) in [4.78, 5) is 25.0. The van der Waals surface area contributed by atoms with Gasteiger partial charge in [-0.15, -0.1) is 0 Å². The van der Waals surface area contributed by atoms with Crippen LogP contribution in [0.2, 0.25) is 0 Å². The summed E-state index contributed by atoms with van der Waals surface area (Å²) in [5.41, 5.74) is -0.594. The molecule has 6 nitrogen and oxygen atoms in total. The third-order valence-electron chi connectivity index (χ3n) is 2.64. The lowest BCUT2D eigenvalue weighted by Gasteiger charge is -2.24. The average molecular weight is 258 g/mol. The van der Waals surface area contributed by atoms with Gasteiger partial charge in [0.05, 0.1) is 6.10 Å².